The van der Waals surface area contributed by atoms with Gasteiger partial charge in [0.15, 0.2) is 0 Å². The van der Waals surface area contributed by atoms with Crippen LogP contribution in [-0.2, 0) is 9.53 Å². The Bertz CT molecular complexity index is 969. The maximum atomic E-state index is 12.7. The molecule has 0 aliphatic heterocycles. The van der Waals surface area contributed by atoms with Crippen molar-refractivity contribution < 1.29 is 23.8 Å². The third-order valence-electron chi connectivity index (χ3n) is 4.73. The number of ether oxygens (including phenoxy) is 3. The topological polar surface area (TPSA) is 91.1 Å². The van der Waals surface area contributed by atoms with E-state index in [1.807, 2.05) is 32.0 Å². The highest BCUT2D eigenvalue weighted by Gasteiger charge is 2.26. The zero-order chi connectivity index (χ0) is 24.2. The minimum atomic E-state index is -0.706. The molecule has 0 bridgehead atoms. The van der Waals surface area contributed by atoms with E-state index in [0.29, 0.717) is 17.2 Å². The lowest BCUT2D eigenvalue weighted by atomic mass is 10.0. The van der Waals surface area contributed by atoms with Gasteiger partial charge < -0.3 is 19.9 Å². The Kier molecular flexibility index (Phi) is 7.78. The van der Waals surface area contributed by atoms with Crippen molar-refractivity contribution in [2.24, 2.45) is 5.73 Å². The number of carbonyl (C=O) groups excluding carboxylic acids is 2. The fourth-order valence-electron chi connectivity index (χ4n) is 3.32. The van der Waals surface area contributed by atoms with E-state index in [2.05, 4.69) is 13.8 Å². The highest BCUT2D eigenvalue weighted by Crippen LogP contribution is 2.36. The number of carbonyl (C=O) groups is 2. The van der Waals surface area contributed by atoms with Gasteiger partial charge in [0.1, 0.15) is 29.4 Å². The number of benzene rings is 2. The molecule has 174 valence electrons. The molecule has 7 nitrogen and oxygen atoms in total. The smallest absolute Gasteiger partial charge is 0.415 e. The molecular formula is C25H34N2O5. The van der Waals surface area contributed by atoms with Gasteiger partial charge in [-0.3, -0.25) is 9.69 Å². The SMILES string of the molecule is COc1ccc(Oc2c(C)cc(N(CC(N)=O)C(=O)OC(C)(C)C)cc2C)cc1C(C)C. The predicted molar refractivity (Wildman–Crippen MR) is 126 cm³/mol. The first-order valence-electron chi connectivity index (χ1n) is 10.6. The van der Waals surface area contributed by atoms with Gasteiger partial charge in [0, 0.05) is 11.3 Å². The van der Waals surface area contributed by atoms with E-state index in [1.165, 1.54) is 4.90 Å². The average Bonchev–Trinajstić information content (AvgIpc) is 2.67. The highest BCUT2D eigenvalue weighted by molar-refractivity contribution is 5.95. The Morgan fingerprint density at radius 2 is 1.66 bits per heavy atom. The summed E-state index contributed by atoms with van der Waals surface area (Å²) in [5, 5.41) is 0. The second-order valence-electron chi connectivity index (χ2n) is 9.10. The normalized spacial score (nSPS) is 11.3. The summed E-state index contributed by atoms with van der Waals surface area (Å²) in [7, 11) is 1.65. The van der Waals surface area contributed by atoms with Gasteiger partial charge in [-0.15, -0.1) is 0 Å². The van der Waals surface area contributed by atoms with Crippen LogP contribution < -0.4 is 20.1 Å². The largest absolute Gasteiger partial charge is 0.496 e. The molecule has 0 fully saturated rings. The monoisotopic (exact) mass is 442 g/mol. The number of nitrogens with two attached hydrogens (primary N) is 1. The van der Waals surface area contributed by atoms with Gasteiger partial charge in [0.2, 0.25) is 5.91 Å². The first-order valence-corrected chi connectivity index (χ1v) is 10.6. The molecule has 0 unspecified atom stereocenters. The number of hydrogen-bond donors (Lipinski definition) is 1. The minimum absolute atomic E-state index is 0.272. The second kappa shape index (κ2) is 9.94. The van der Waals surface area contributed by atoms with Crippen molar-refractivity contribution in [1.82, 2.24) is 0 Å². The fourth-order valence-corrected chi connectivity index (χ4v) is 3.32. The lowest BCUT2D eigenvalue weighted by molar-refractivity contribution is -0.116. The van der Waals surface area contributed by atoms with E-state index in [0.717, 1.165) is 22.4 Å². The van der Waals surface area contributed by atoms with Gasteiger partial charge in [0.25, 0.3) is 0 Å². The van der Waals surface area contributed by atoms with Crippen LogP contribution in [0.3, 0.4) is 0 Å². The molecule has 0 saturated carbocycles. The molecule has 2 rings (SSSR count). The van der Waals surface area contributed by atoms with Crippen LogP contribution in [0.2, 0.25) is 0 Å². The Balaban J connectivity index is 2.41. The third kappa shape index (κ3) is 6.39. The van der Waals surface area contributed by atoms with Crippen molar-refractivity contribution in [2.45, 2.75) is 60.0 Å². The Morgan fingerprint density at radius 1 is 1.06 bits per heavy atom. The summed E-state index contributed by atoms with van der Waals surface area (Å²) in [4.78, 5) is 25.6. The third-order valence-corrected chi connectivity index (χ3v) is 4.73. The van der Waals surface area contributed by atoms with Gasteiger partial charge in [-0.05, 0) is 82.0 Å². The first kappa shape index (κ1) is 25.0. The van der Waals surface area contributed by atoms with E-state index in [4.69, 9.17) is 19.9 Å². The van der Waals surface area contributed by atoms with E-state index in [-0.39, 0.29) is 12.5 Å². The number of aryl methyl sites for hydroxylation is 2. The van der Waals surface area contributed by atoms with Gasteiger partial charge in [-0.2, -0.15) is 0 Å². The molecule has 0 atom stereocenters. The predicted octanol–water partition coefficient (Wildman–Crippen LogP) is 5.45. The summed E-state index contributed by atoms with van der Waals surface area (Å²) in [5.41, 5.74) is 7.85. The van der Waals surface area contributed by atoms with Gasteiger partial charge in [0.05, 0.1) is 7.11 Å². The lowest BCUT2D eigenvalue weighted by Gasteiger charge is -2.27. The van der Waals surface area contributed by atoms with Crippen LogP contribution in [0, 0.1) is 13.8 Å². The zero-order valence-electron chi connectivity index (χ0n) is 20.2. The molecule has 0 heterocycles. The summed E-state index contributed by atoms with van der Waals surface area (Å²) in [6, 6.07) is 9.28. The number of hydrogen-bond acceptors (Lipinski definition) is 5. The quantitative estimate of drug-likeness (QED) is 0.615. The molecule has 32 heavy (non-hydrogen) atoms. The average molecular weight is 443 g/mol. The Morgan fingerprint density at radius 3 is 2.12 bits per heavy atom. The van der Waals surface area contributed by atoms with Crippen LogP contribution in [-0.4, -0.2) is 31.3 Å². The Labute approximate surface area is 190 Å². The highest BCUT2D eigenvalue weighted by atomic mass is 16.6. The molecule has 2 aromatic rings. The maximum Gasteiger partial charge on any atom is 0.415 e. The summed E-state index contributed by atoms with van der Waals surface area (Å²) in [6.07, 6.45) is -0.638. The second-order valence-corrected chi connectivity index (χ2v) is 9.10. The fraction of sp³-hybridized carbons (Fsp3) is 0.440. The molecule has 0 aromatic heterocycles. The van der Waals surface area contributed by atoms with Crippen molar-refractivity contribution in [3.05, 3.63) is 47.0 Å². The number of nitrogens with zero attached hydrogens (tertiary/aromatic N) is 1. The molecule has 7 heteroatoms. The van der Waals surface area contributed by atoms with Crippen LogP contribution in [0.15, 0.2) is 30.3 Å². The molecule has 0 aliphatic carbocycles. The van der Waals surface area contributed by atoms with E-state index in [1.54, 1.807) is 40.0 Å². The lowest BCUT2D eigenvalue weighted by Crippen LogP contribution is -2.42. The van der Waals surface area contributed by atoms with Crippen LogP contribution in [0.4, 0.5) is 10.5 Å². The van der Waals surface area contributed by atoms with Crippen LogP contribution in [0.25, 0.3) is 0 Å². The molecule has 0 spiro atoms. The minimum Gasteiger partial charge on any atom is -0.496 e. The van der Waals surface area contributed by atoms with Crippen LogP contribution >= 0.6 is 0 Å². The molecular weight excluding hydrogens is 408 g/mol. The van der Waals surface area contributed by atoms with Crippen LogP contribution in [0.1, 0.15) is 57.2 Å². The van der Waals surface area contributed by atoms with E-state index < -0.39 is 17.6 Å². The number of anilines is 1. The summed E-state index contributed by atoms with van der Waals surface area (Å²) in [6.45, 7) is 13.0. The molecule has 0 aliphatic rings. The summed E-state index contributed by atoms with van der Waals surface area (Å²) >= 11 is 0. The van der Waals surface area contributed by atoms with Crippen molar-refractivity contribution in [3.63, 3.8) is 0 Å². The number of amides is 2. The van der Waals surface area contributed by atoms with Crippen molar-refractivity contribution >= 4 is 17.7 Å². The van der Waals surface area contributed by atoms with Crippen molar-refractivity contribution in [3.8, 4) is 17.2 Å². The molecule has 2 aromatic carbocycles. The number of primary amides is 1. The van der Waals surface area contributed by atoms with Gasteiger partial charge in [-0.1, -0.05) is 13.8 Å². The van der Waals surface area contributed by atoms with E-state index in [9.17, 15) is 9.59 Å². The molecule has 2 N–H and O–H groups in total. The van der Waals surface area contributed by atoms with Gasteiger partial charge >= 0.3 is 6.09 Å². The number of rotatable bonds is 7. The Hall–Kier alpha value is -3.22. The van der Waals surface area contributed by atoms with Gasteiger partial charge in [-0.25, -0.2) is 4.79 Å². The standard InChI is InChI=1S/C25H34N2O5/c1-15(2)20-13-19(9-10-21(20)30-8)31-23-16(3)11-18(12-17(23)4)27(14-22(26)28)24(29)32-25(5,6)7/h9-13,15H,14H2,1-8H3,(H2,26,28). The van der Waals surface area contributed by atoms with Crippen molar-refractivity contribution in [2.75, 3.05) is 18.6 Å². The maximum absolute atomic E-state index is 12.7. The molecule has 0 radical (unpaired) electrons. The van der Waals surface area contributed by atoms with E-state index >= 15 is 0 Å². The molecule has 0 saturated heterocycles. The zero-order valence-corrected chi connectivity index (χ0v) is 20.2. The molecule has 2 amide bonds. The van der Waals surface area contributed by atoms with Crippen molar-refractivity contribution in [1.29, 1.82) is 0 Å². The first-order chi connectivity index (χ1) is 14.8. The summed E-state index contributed by atoms with van der Waals surface area (Å²) < 4.78 is 17.1. The summed E-state index contributed by atoms with van der Waals surface area (Å²) in [5.74, 6) is 1.82. The number of methoxy groups -OCH3 is 1. The van der Waals surface area contributed by atoms with Crippen LogP contribution in [0.5, 0.6) is 17.2 Å².